The van der Waals surface area contributed by atoms with Crippen LogP contribution in [0.2, 0.25) is 0 Å². The molecule has 2 aromatic carbocycles. The Morgan fingerprint density at radius 2 is 1.93 bits per heavy atom. The number of hydrogen-bond acceptors (Lipinski definition) is 5. The Morgan fingerprint density at radius 3 is 2.62 bits per heavy atom. The number of H-pyrrole nitrogens is 1. The number of hydrogen-bond donors (Lipinski definition) is 3. The van der Waals surface area contributed by atoms with Crippen LogP contribution < -0.4 is 5.56 Å². The molecule has 0 saturated heterocycles. The predicted molar refractivity (Wildman–Crippen MR) is 116 cm³/mol. The van der Waals surface area contributed by atoms with Gasteiger partial charge < -0.3 is 10.2 Å². The van der Waals surface area contributed by atoms with E-state index in [1.165, 1.54) is 34.9 Å². The summed E-state index contributed by atoms with van der Waals surface area (Å²) in [7, 11) is 0. The molecule has 144 valence electrons. The van der Waals surface area contributed by atoms with Crippen LogP contribution in [-0.2, 0) is 0 Å². The number of nitrogens with one attached hydrogen (secondary N) is 1. The third-order valence-electron chi connectivity index (χ3n) is 4.41. The van der Waals surface area contributed by atoms with Crippen molar-refractivity contribution in [3.63, 3.8) is 0 Å². The SMILES string of the molecule is O=C(O)c1ccc(-n2c(O)c(/C=C3\C=Nc4ccc(Br)cc43)c(=O)[nH]c2=S)cc1. The zero-order chi connectivity index (χ0) is 20.7. The highest BCUT2D eigenvalue weighted by Gasteiger charge is 2.17. The summed E-state index contributed by atoms with van der Waals surface area (Å²) in [5, 5.41) is 19.9. The normalized spacial score (nSPS) is 13.6. The van der Waals surface area contributed by atoms with Gasteiger partial charge in [-0.1, -0.05) is 15.9 Å². The Kier molecular flexibility index (Phi) is 4.77. The van der Waals surface area contributed by atoms with Crippen LogP contribution in [0.5, 0.6) is 5.88 Å². The summed E-state index contributed by atoms with van der Waals surface area (Å²) in [5.74, 6) is -1.42. The summed E-state index contributed by atoms with van der Waals surface area (Å²) in [6.07, 6.45) is 3.15. The molecule has 3 aromatic rings. The van der Waals surface area contributed by atoms with Crippen molar-refractivity contribution in [3.05, 3.63) is 78.8 Å². The molecular weight excluding hydrogens is 458 g/mol. The number of fused-ring (bicyclic) bond motifs is 1. The van der Waals surface area contributed by atoms with Crippen molar-refractivity contribution < 1.29 is 15.0 Å². The lowest BCUT2D eigenvalue weighted by atomic mass is 10.1. The van der Waals surface area contributed by atoms with E-state index in [9.17, 15) is 14.7 Å². The number of aliphatic imine (C=N–C) groups is 1. The number of allylic oxidation sites excluding steroid dienone is 1. The van der Waals surface area contributed by atoms with Gasteiger partial charge in [0, 0.05) is 21.8 Å². The molecule has 0 unspecified atom stereocenters. The molecule has 4 rings (SSSR count). The standard InChI is InChI=1S/C20H12BrN3O4S/c21-12-3-6-16-14(8-12)11(9-22-16)7-15-17(25)23-20(29)24(18(15)26)13-4-1-10(2-5-13)19(27)28/h1-9,26H,(H,27,28)(H,23,25,29)/b11-7+. The first-order chi connectivity index (χ1) is 13.8. The van der Waals surface area contributed by atoms with E-state index in [0.717, 1.165) is 15.7 Å². The number of benzene rings is 2. The summed E-state index contributed by atoms with van der Waals surface area (Å²) < 4.78 is 2.11. The molecule has 9 heteroatoms. The number of aromatic carboxylic acids is 1. The van der Waals surface area contributed by atoms with Gasteiger partial charge in [-0.25, -0.2) is 4.79 Å². The number of aromatic hydroxyl groups is 1. The van der Waals surface area contributed by atoms with E-state index in [1.54, 1.807) is 6.21 Å². The molecule has 0 saturated carbocycles. The molecule has 0 radical (unpaired) electrons. The fourth-order valence-electron chi connectivity index (χ4n) is 2.99. The minimum Gasteiger partial charge on any atom is -0.494 e. The van der Waals surface area contributed by atoms with Crippen LogP contribution in [-0.4, -0.2) is 31.9 Å². The Balaban J connectivity index is 1.87. The predicted octanol–water partition coefficient (Wildman–Crippen LogP) is 4.32. The number of carboxylic acid groups (broad SMARTS) is 1. The van der Waals surface area contributed by atoms with Crippen molar-refractivity contribution in [2.75, 3.05) is 0 Å². The van der Waals surface area contributed by atoms with Crippen molar-refractivity contribution in [1.82, 2.24) is 9.55 Å². The van der Waals surface area contributed by atoms with E-state index in [4.69, 9.17) is 17.3 Å². The Bertz CT molecular complexity index is 1340. The summed E-state index contributed by atoms with van der Waals surface area (Å²) in [6, 6.07) is 11.4. The maximum atomic E-state index is 12.5. The number of carbonyl (C=O) groups is 1. The maximum Gasteiger partial charge on any atom is 0.335 e. The number of aromatic nitrogens is 2. The van der Waals surface area contributed by atoms with E-state index in [0.29, 0.717) is 11.3 Å². The molecule has 3 N–H and O–H groups in total. The number of rotatable bonds is 3. The van der Waals surface area contributed by atoms with E-state index < -0.39 is 11.5 Å². The second-order valence-electron chi connectivity index (χ2n) is 6.20. The van der Waals surface area contributed by atoms with Gasteiger partial charge in [0.15, 0.2) is 4.77 Å². The van der Waals surface area contributed by atoms with Gasteiger partial charge in [0.05, 0.1) is 16.9 Å². The highest BCUT2D eigenvalue weighted by molar-refractivity contribution is 9.10. The van der Waals surface area contributed by atoms with Crippen molar-refractivity contribution >= 4 is 57.7 Å². The molecular formula is C20H12BrN3O4S. The molecule has 29 heavy (non-hydrogen) atoms. The number of carboxylic acids is 1. The minimum absolute atomic E-state index is 0.00943. The molecule has 0 spiro atoms. The van der Waals surface area contributed by atoms with Crippen LogP contribution in [0.25, 0.3) is 17.3 Å². The minimum atomic E-state index is -1.07. The molecule has 0 bridgehead atoms. The van der Waals surface area contributed by atoms with Gasteiger partial charge in [0.1, 0.15) is 5.56 Å². The van der Waals surface area contributed by atoms with Crippen molar-refractivity contribution in [1.29, 1.82) is 0 Å². The first-order valence-corrected chi connectivity index (χ1v) is 9.53. The lowest BCUT2D eigenvalue weighted by Gasteiger charge is -2.12. The van der Waals surface area contributed by atoms with Gasteiger partial charge in [0.2, 0.25) is 5.88 Å². The van der Waals surface area contributed by atoms with E-state index in [-0.39, 0.29) is 21.8 Å². The van der Waals surface area contributed by atoms with E-state index >= 15 is 0 Å². The number of nitrogens with zero attached hydrogens (tertiary/aromatic N) is 2. The summed E-state index contributed by atoms with van der Waals surface area (Å²) >= 11 is 8.61. The van der Waals surface area contributed by atoms with E-state index in [1.807, 2.05) is 18.2 Å². The van der Waals surface area contributed by atoms with Crippen LogP contribution >= 0.6 is 28.1 Å². The molecule has 0 aliphatic carbocycles. The monoisotopic (exact) mass is 469 g/mol. The molecule has 0 fully saturated rings. The van der Waals surface area contributed by atoms with Gasteiger partial charge in [-0.15, -0.1) is 0 Å². The van der Waals surface area contributed by atoms with Gasteiger partial charge in [-0.2, -0.15) is 0 Å². The third kappa shape index (κ3) is 3.45. The fourth-order valence-corrected chi connectivity index (χ4v) is 3.64. The first-order valence-electron chi connectivity index (χ1n) is 8.33. The number of halogens is 1. The summed E-state index contributed by atoms with van der Waals surface area (Å²) in [5.41, 5.74) is 2.20. The molecule has 1 aliphatic heterocycles. The van der Waals surface area contributed by atoms with Gasteiger partial charge in [0.25, 0.3) is 5.56 Å². The van der Waals surface area contributed by atoms with Crippen LogP contribution in [0.4, 0.5) is 5.69 Å². The van der Waals surface area contributed by atoms with Gasteiger partial charge in [-0.3, -0.25) is 19.3 Å². The van der Waals surface area contributed by atoms with Gasteiger partial charge >= 0.3 is 5.97 Å². The van der Waals surface area contributed by atoms with Crippen molar-refractivity contribution in [3.8, 4) is 11.6 Å². The molecule has 1 aromatic heterocycles. The first kappa shape index (κ1) is 19.0. The summed E-state index contributed by atoms with van der Waals surface area (Å²) in [4.78, 5) is 30.4. The second kappa shape index (κ2) is 7.26. The zero-order valence-corrected chi connectivity index (χ0v) is 17.0. The average Bonchev–Trinajstić information content (AvgIpc) is 3.07. The quantitative estimate of drug-likeness (QED) is 0.495. The largest absolute Gasteiger partial charge is 0.494 e. The lowest BCUT2D eigenvalue weighted by Crippen LogP contribution is -2.16. The third-order valence-corrected chi connectivity index (χ3v) is 5.18. The maximum absolute atomic E-state index is 12.5. The van der Waals surface area contributed by atoms with Crippen LogP contribution in [0.15, 0.2) is 56.7 Å². The molecule has 1 aliphatic rings. The molecule has 0 amide bonds. The fraction of sp³-hybridized carbons (Fsp3) is 0. The summed E-state index contributed by atoms with van der Waals surface area (Å²) in [6.45, 7) is 0. The highest BCUT2D eigenvalue weighted by Crippen LogP contribution is 2.35. The molecule has 0 atom stereocenters. The molecule has 2 heterocycles. The smallest absolute Gasteiger partial charge is 0.335 e. The van der Waals surface area contributed by atoms with Crippen LogP contribution in [0, 0.1) is 4.77 Å². The second-order valence-corrected chi connectivity index (χ2v) is 7.51. The average molecular weight is 470 g/mol. The van der Waals surface area contributed by atoms with Crippen LogP contribution in [0.3, 0.4) is 0 Å². The lowest BCUT2D eigenvalue weighted by molar-refractivity contribution is 0.0697. The van der Waals surface area contributed by atoms with E-state index in [2.05, 4.69) is 25.9 Å². The van der Waals surface area contributed by atoms with Crippen molar-refractivity contribution in [2.24, 2.45) is 4.99 Å². The van der Waals surface area contributed by atoms with Crippen molar-refractivity contribution in [2.45, 2.75) is 0 Å². The zero-order valence-electron chi connectivity index (χ0n) is 14.6. The van der Waals surface area contributed by atoms with Crippen LogP contribution in [0.1, 0.15) is 21.5 Å². The van der Waals surface area contributed by atoms with Gasteiger partial charge in [-0.05, 0) is 60.8 Å². The Hall–Kier alpha value is -3.30. The number of aromatic amines is 1. The Morgan fingerprint density at radius 1 is 1.21 bits per heavy atom. The molecule has 7 nitrogen and oxygen atoms in total. The Labute approximate surface area is 177 Å². The highest BCUT2D eigenvalue weighted by atomic mass is 79.9. The topological polar surface area (TPSA) is 108 Å².